The summed E-state index contributed by atoms with van der Waals surface area (Å²) in [5.74, 6) is 0. The first-order valence-corrected chi connectivity index (χ1v) is 6.29. The van der Waals surface area contributed by atoms with Gasteiger partial charge in [-0.05, 0) is 11.6 Å². The Balaban J connectivity index is 1.86. The molecule has 0 bridgehead atoms. The summed E-state index contributed by atoms with van der Waals surface area (Å²) in [4.78, 5) is 26.0. The van der Waals surface area contributed by atoms with Crippen LogP contribution in [0.3, 0.4) is 0 Å². The van der Waals surface area contributed by atoms with Gasteiger partial charge < -0.3 is 10.6 Å². The fourth-order valence-electron chi connectivity index (χ4n) is 1.76. The van der Waals surface area contributed by atoms with Gasteiger partial charge in [0, 0.05) is 30.6 Å². The van der Waals surface area contributed by atoms with Crippen molar-refractivity contribution in [3.63, 3.8) is 0 Å². The van der Waals surface area contributed by atoms with Crippen LogP contribution in [0.5, 0.6) is 0 Å². The lowest BCUT2D eigenvalue weighted by atomic mass is 10.2. The molecule has 2 amide bonds. The monoisotopic (exact) mass is 286 g/mol. The number of para-hydroxylation sites is 1. The number of nitro benzene ring substituents is 1. The molecule has 1 aromatic heterocycles. The summed E-state index contributed by atoms with van der Waals surface area (Å²) in [6.07, 6.45) is 3.31. The highest BCUT2D eigenvalue weighted by molar-refractivity contribution is 5.73. The summed E-state index contributed by atoms with van der Waals surface area (Å²) in [5, 5.41) is 16.1. The molecule has 1 aromatic carbocycles. The van der Waals surface area contributed by atoms with Crippen LogP contribution in [0.4, 0.5) is 10.5 Å². The van der Waals surface area contributed by atoms with Crippen molar-refractivity contribution in [2.75, 3.05) is 0 Å². The average molecular weight is 286 g/mol. The highest BCUT2D eigenvalue weighted by Gasteiger charge is 2.12. The molecule has 2 aromatic rings. The number of aromatic nitrogens is 1. The van der Waals surface area contributed by atoms with Crippen molar-refractivity contribution in [2.24, 2.45) is 0 Å². The molecule has 0 aliphatic rings. The molecule has 0 saturated carbocycles. The third kappa shape index (κ3) is 4.27. The highest BCUT2D eigenvalue weighted by atomic mass is 16.6. The predicted octanol–water partition coefficient (Wildman–Crippen LogP) is 1.99. The third-order valence-corrected chi connectivity index (χ3v) is 2.80. The molecule has 0 fully saturated rings. The second-order valence-electron chi connectivity index (χ2n) is 4.28. The third-order valence-electron chi connectivity index (χ3n) is 2.80. The topological polar surface area (TPSA) is 97.2 Å². The molecule has 7 heteroatoms. The van der Waals surface area contributed by atoms with Gasteiger partial charge in [-0.1, -0.05) is 24.3 Å². The number of hydrogen-bond donors (Lipinski definition) is 2. The molecule has 7 nitrogen and oxygen atoms in total. The van der Waals surface area contributed by atoms with E-state index in [4.69, 9.17) is 0 Å². The van der Waals surface area contributed by atoms with Gasteiger partial charge in [0.2, 0.25) is 0 Å². The molecule has 0 spiro atoms. The molecule has 0 aliphatic heterocycles. The first-order valence-electron chi connectivity index (χ1n) is 6.29. The van der Waals surface area contributed by atoms with E-state index in [9.17, 15) is 14.9 Å². The summed E-state index contributed by atoms with van der Waals surface area (Å²) in [5.41, 5.74) is 1.32. The number of carbonyl (C=O) groups is 1. The van der Waals surface area contributed by atoms with Gasteiger partial charge in [-0.15, -0.1) is 0 Å². The summed E-state index contributed by atoms with van der Waals surface area (Å²) in [6.45, 7) is 0.437. The van der Waals surface area contributed by atoms with Crippen molar-refractivity contribution in [3.8, 4) is 0 Å². The van der Waals surface area contributed by atoms with E-state index in [0.717, 1.165) is 5.56 Å². The lowest BCUT2D eigenvalue weighted by molar-refractivity contribution is -0.385. The van der Waals surface area contributed by atoms with E-state index in [1.807, 2.05) is 6.07 Å². The summed E-state index contributed by atoms with van der Waals surface area (Å²) >= 11 is 0. The van der Waals surface area contributed by atoms with E-state index in [-0.39, 0.29) is 12.2 Å². The molecule has 0 aliphatic carbocycles. The Morgan fingerprint density at radius 2 is 1.90 bits per heavy atom. The van der Waals surface area contributed by atoms with Crippen LogP contribution >= 0.6 is 0 Å². The van der Waals surface area contributed by atoms with Crippen molar-refractivity contribution in [1.29, 1.82) is 0 Å². The number of nitrogens with zero attached hydrogens (tertiary/aromatic N) is 2. The normalized spacial score (nSPS) is 9.90. The number of hydrogen-bond acceptors (Lipinski definition) is 4. The maximum atomic E-state index is 11.7. The van der Waals surface area contributed by atoms with Gasteiger partial charge in [0.1, 0.15) is 0 Å². The molecular formula is C14H14N4O3. The smallest absolute Gasteiger partial charge is 0.315 e. The number of carbonyl (C=O) groups excluding carboxylic acids is 1. The van der Waals surface area contributed by atoms with E-state index in [1.165, 1.54) is 6.07 Å². The van der Waals surface area contributed by atoms with Crippen LogP contribution < -0.4 is 10.6 Å². The average Bonchev–Trinajstić information content (AvgIpc) is 2.52. The van der Waals surface area contributed by atoms with Crippen molar-refractivity contribution < 1.29 is 9.72 Å². The van der Waals surface area contributed by atoms with E-state index in [2.05, 4.69) is 15.6 Å². The van der Waals surface area contributed by atoms with Crippen LogP contribution in [-0.2, 0) is 13.1 Å². The Morgan fingerprint density at radius 1 is 1.14 bits per heavy atom. The molecule has 108 valence electrons. The number of nitro groups is 1. The van der Waals surface area contributed by atoms with Gasteiger partial charge in [0.05, 0.1) is 11.5 Å². The Hall–Kier alpha value is -2.96. The molecule has 2 rings (SSSR count). The Bertz CT molecular complexity index is 631. The van der Waals surface area contributed by atoms with E-state index < -0.39 is 11.0 Å². The lowest BCUT2D eigenvalue weighted by Crippen LogP contribution is -2.34. The first kappa shape index (κ1) is 14.4. The van der Waals surface area contributed by atoms with Crippen LogP contribution in [0.2, 0.25) is 0 Å². The number of pyridine rings is 1. The maximum Gasteiger partial charge on any atom is 0.315 e. The Labute approximate surface area is 121 Å². The van der Waals surface area contributed by atoms with Crippen LogP contribution in [-0.4, -0.2) is 15.9 Å². The molecule has 0 saturated heterocycles. The number of benzene rings is 1. The first-order chi connectivity index (χ1) is 10.2. The summed E-state index contributed by atoms with van der Waals surface area (Å²) in [6, 6.07) is 9.53. The minimum absolute atomic E-state index is 0.00920. The quantitative estimate of drug-likeness (QED) is 0.648. The van der Waals surface area contributed by atoms with Crippen molar-refractivity contribution >= 4 is 11.7 Å². The van der Waals surface area contributed by atoms with Gasteiger partial charge in [0.25, 0.3) is 5.69 Å². The maximum absolute atomic E-state index is 11.7. The van der Waals surface area contributed by atoms with Gasteiger partial charge in [0.15, 0.2) is 0 Å². The molecule has 21 heavy (non-hydrogen) atoms. The van der Waals surface area contributed by atoms with Crippen molar-refractivity contribution in [1.82, 2.24) is 15.6 Å². The molecular weight excluding hydrogens is 272 g/mol. The van der Waals surface area contributed by atoms with Crippen molar-refractivity contribution in [3.05, 3.63) is 70.0 Å². The Morgan fingerprint density at radius 3 is 2.62 bits per heavy atom. The minimum atomic E-state index is -0.468. The second kappa shape index (κ2) is 6.99. The number of urea groups is 1. The summed E-state index contributed by atoms with van der Waals surface area (Å²) in [7, 11) is 0. The fraction of sp³-hybridized carbons (Fsp3) is 0.143. The van der Waals surface area contributed by atoms with E-state index in [0.29, 0.717) is 12.1 Å². The van der Waals surface area contributed by atoms with E-state index >= 15 is 0 Å². The number of rotatable bonds is 5. The van der Waals surface area contributed by atoms with Crippen LogP contribution in [0.1, 0.15) is 11.1 Å². The molecule has 0 unspecified atom stereocenters. The molecule has 2 N–H and O–H groups in total. The highest BCUT2D eigenvalue weighted by Crippen LogP contribution is 2.16. The van der Waals surface area contributed by atoms with Crippen molar-refractivity contribution in [2.45, 2.75) is 13.1 Å². The molecule has 0 atom stereocenters. The fourth-order valence-corrected chi connectivity index (χ4v) is 1.76. The lowest BCUT2D eigenvalue weighted by Gasteiger charge is -2.08. The van der Waals surface area contributed by atoms with Crippen LogP contribution in [0.15, 0.2) is 48.8 Å². The predicted molar refractivity (Wildman–Crippen MR) is 76.4 cm³/mol. The zero-order chi connectivity index (χ0) is 15.1. The number of nitrogens with one attached hydrogen (secondary N) is 2. The second-order valence-corrected chi connectivity index (χ2v) is 4.28. The standard InChI is InChI=1S/C14H14N4O3/c19-14(16-9-11-4-3-7-15-8-11)17-10-12-5-1-2-6-13(12)18(20)21/h1-8H,9-10H2,(H2,16,17,19). The van der Waals surface area contributed by atoms with Gasteiger partial charge >= 0.3 is 6.03 Å². The van der Waals surface area contributed by atoms with Gasteiger partial charge in [-0.25, -0.2) is 4.79 Å². The van der Waals surface area contributed by atoms with E-state index in [1.54, 1.807) is 36.7 Å². The SMILES string of the molecule is O=C(NCc1cccnc1)NCc1ccccc1[N+](=O)[O-]. The molecule has 0 radical (unpaired) electrons. The molecule has 1 heterocycles. The largest absolute Gasteiger partial charge is 0.334 e. The Kier molecular flexibility index (Phi) is 4.81. The zero-order valence-electron chi connectivity index (χ0n) is 11.2. The van der Waals surface area contributed by atoms with Gasteiger partial charge in [-0.3, -0.25) is 15.1 Å². The number of amides is 2. The zero-order valence-corrected chi connectivity index (χ0v) is 11.2. The van der Waals surface area contributed by atoms with Gasteiger partial charge in [-0.2, -0.15) is 0 Å². The van der Waals surface area contributed by atoms with Crippen LogP contribution in [0, 0.1) is 10.1 Å². The van der Waals surface area contributed by atoms with Crippen LogP contribution in [0.25, 0.3) is 0 Å². The minimum Gasteiger partial charge on any atom is -0.334 e. The summed E-state index contributed by atoms with van der Waals surface area (Å²) < 4.78 is 0.